The molecule has 0 saturated heterocycles. The highest BCUT2D eigenvalue weighted by molar-refractivity contribution is 7.14. The number of nitrogens with one attached hydrogen (secondary N) is 1. The van der Waals surface area contributed by atoms with Crippen LogP contribution in [-0.4, -0.2) is 37.6 Å². The van der Waals surface area contributed by atoms with Gasteiger partial charge in [-0.05, 0) is 97.3 Å². The smallest absolute Gasteiger partial charge is 0.305 e. The maximum absolute atomic E-state index is 12.4. The van der Waals surface area contributed by atoms with E-state index >= 15 is 0 Å². The number of thiophene rings is 1. The number of amides is 1. The summed E-state index contributed by atoms with van der Waals surface area (Å²) < 4.78 is 6.54. The molecule has 0 bridgehead atoms. The van der Waals surface area contributed by atoms with Crippen molar-refractivity contribution >= 4 is 28.9 Å². The summed E-state index contributed by atoms with van der Waals surface area (Å²) in [5.41, 5.74) is 7.17. The van der Waals surface area contributed by atoms with Crippen LogP contribution in [0.2, 0.25) is 0 Å². The van der Waals surface area contributed by atoms with Crippen molar-refractivity contribution in [3.63, 3.8) is 0 Å². The second-order valence-electron chi connectivity index (χ2n) is 10.2. The van der Waals surface area contributed by atoms with E-state index in [0.29, 0.717) is 10.8 Å². The molecule has 1 aromatic heterocycles. The third-order valence-electron chi connectivity index (χ3n) is 6.23. The van der Waals surface area contributed by atoms with Crippen molar-refractivity contribution in [1.29, 1.82) is 0 Å². The van der Waals surface area contributed by atoms with Crippen LogP contribution in [0.4, 0.5) is 5.69 Å². The molecule has 0 aliphatic heterocycles. The van der Waals surface area contributed by atoms with Gasteiger partial charge in [0.25, 0.3) is 5.91 Å². The molecule has 198 valence electrons. The van der Waals surface area contributed by atoms with Gasteiger partial charge in [-0.3, -0.25) is 9.59 Å². The van der Waals surface area contributed by atoms with Gasteiger partial charge in [0.05, 0.1) is 11.3 Å². The Morgan fingerprint density at radius 2 is 1.68 bits per heavy atom. The molecule has 3 aromatic rings. The summed E-state index contributed by atoms with van der Waals surface area (Å²) in [4.78, 5) is 26.8. The molecule has 2 N–H and O–H groups in total. The molecule has 0 radical (unpaired) electrons. The molecule has 3 rings (SSSR count). The van der Waals surface area contributed by atoms with Gasteiger partial charge < -0.3 is 20.1 Å². The fraction of sp³-hybridized carbons (Fsp3) is 0.400. The Kier molecular flexibility index (Phi) is 9.38. The van der Waals surface area contributed by atoms with Crippen LogP contribution in [0.5, 0.6) is 5.75 Å². The van der Waals surface area contributed by atoms with Gasteiger partial charge in [-0.25, -0.2) is 0 Å². The van der Waals surface area contributed by atoms with Gasteiger partial charge in [0.15, 0.2) is 0 Å². The second kappa shape index (κ2) is 12.3. The lowest BCUT2D eigenvalue weighted by atomic mass is 9.94. The van der Waals surface area contributed by atoms with Crippen molar-refractivity contribution in [1.82, 2.24) is 5.32 Å². The average Bonchev–Trinajstić information content (AvgIpc) is 3.28. The Morgan fingerprint density at radius 1 is 1.00 bits per heavy atom. The third-order valence-corrected chi connectivity index (χ3v) is 7.41. The largest absolute Gasteiger partial charge is 0.485 e. The monoisotopic (exact) mass is 522 g/mol. The Balaban J connectivity index is 1.83. The van der Waals surface area contributed by atoms with E-state index in [2.05, 4.69) is 89.3 Å². The molecular formula is C30H38N2O4S. The SMILES string of the molecule is Cc1cc(-c2c(C)cc(OC(CC(C)C)c3ccc(C(=O)NCCC(=O)O)s3)cc2C)ccc1N(C)C. The second-order valence-corrected chi connectivity index (χ2v) is 11.3. The molecule has 1 heterocycles. The van der Waals surface area contributed by atoms with Crippen molar-refractivity contribution < 1.29 is 19.4 Å². The van der Waals surface area contributed by atoms with Crippen LogP contribution in [0, 0.1) is 26.7 Å². The zero-order valence-electron chi connectivity index (χ0n) is 22.8. The Hall–Kier alpha value is -3.32. The molecule has 37 heavy (non-hydrogen) atoms. The lowest BCUT2D eigenvalue weighted by Gasteiger charge is -2.22. The Morgan fingerprint density at radius 3 is 2.24 bits per heavy atom. The van der Waals surface area contributed by atoms with E-state index in [0.717, 1.165) is 28.2 Å². The first-order valence-electron chi connectivity index (χ1n) is 12.6. The van der Waals surface area contributed by atoms with Crippen molar-refractivity contribution in [2.75, 3.05) is 25.5 Å². The zero-order chi connectivity index (χ0) is 27.3. The van der Waals surface area contributed by atoms with E-state index < -0.39 is 5.97 Å². The predicted octanol–water partition coefficient (Wildman–Crippen LogP) is 6.78. The summed E-state index contributed by atoms with van der Waals surface area (Å²) in [7, 11) is 4.11. The fourth-order valence-electron chi connectivity index (χ4n) is 4.59. The highest BCUT2D eigenvalue weighted by Crippen LogP contribution is 2.37. The van der Waals surface area contributed by atoms with Crippen LogP contribution in [0.15, 0.2) is 42.5 Å². The molecule has 1 amide bonds. The van der Waals surface area contributed by atoms with E-state index in [-0.39, 0.29) is 25.0 Å². The van der Waals surface area contributed by atoms with E-state index in [9.17, 15) is 9.59 Å². The number of carbonyl (C=O) groups is 2. The summed E-state index contributed by atoms with van der Waals surface area (Å²) in [6, 6.07) is 14.5. The minimum atomic E-state index is -0.935. The summed E-state index contributed by atoms with van der Waals surface area (Å²) in [6.45, 7) is 10.8. The van der Waals surface area contributed by atoms with E-state index in [1.54, 1.807) is 6.07 Å². The third kappa shape index (κ3) is 7.35. The van der Waals surface area contributed by atoms with Gasteiger partial charge in [-0.2, -0.15) is 0 Å². The molecule has 0 spiro atoms. The maximum atomic E-state index is 12.4. The number of benzene rings is 2. The highest BCUT2D eigenvalue weighted by atomic mass is 32.1. The number of hydrogen-bond acceptors (Lipinski definition) is 5. The molecule has 0 fully saturated rings. The average molecular weight is 523 g/mol. The number of carboxylic acid groups (broad SMARTS) is 1. The molecule has 0 saturated carbocycles. The van der Waals surface area contributed by atoms with E-state index in [4.69, 9.17) is 9.84 Å². The number of carbonyl (C=O) groups excluding carboxylic acids is 1. The minimum absolute atomic E-state index is 0.100. The lowest BCUT2D eigenvalue weighted by molar-refractivity contribution is -0.136. The number of anilines is 1. The minimum Gasteiger partial charge on any atom is -0.485 e. The van der Waals surface area contributed by atoms with Crippen LogP contribution in [0.1, 0.15) is 64.0 Å². The Bertz CT molecular complexity index is 1240. The Labute approximate surface area is 224 Å². The van der Waals surface area contributed by atoms with Crippen LogP contribution in [0.25, 0.3) is 11.1 Å². The molecule has 6 nitrogen and oxygen atoms in total. The molecule has 0 aliphatic rings. The molecule has 2 aromatic carbocycles. The summed E-state index contributed by atoms with van der Waals surface area (Å²) in [5, 5.41) is 11.5. The predicted molar refractivity (Wildman–Crippen MR) is 152 cm³/mol. The maximum Gasteiger partial charge on any atom is 0.305 e. The van der Waals surface area contributed by atoms with Gasteiger partial charge in [0, 0.05) is 31.2 Å². The number of nitrogens with zero attached hydrogens (tertiary/aromatic N) is 1. The topological polar surface area (TPSA) is 78.9 Å². The number of aryl methyl sites for hydroxylation is 3. The summed E-state index contributed by atoms with van der Waals surface area (Å²) in [6.07, 6.45) is 0.528. The van der Waals surface area contributed by atoms with Gasteiger partial charge in [0.2, 0.25) is 0 Å². The summed E-state index contributed by atoms with van der Waals surface area (Å²) in [5.74, 6) is 0.0220. The summed E-state index contributed by atoms with van der Waals surface area (Å²) >= 11 is 1.39. The fourth-order valence-corrected chi connectivity index (χ4v) is 5.56. The number of aliphatic carboxylic acids is 1. The van der Waals surface area contributed by atoms with Crippen molar-refractivity contribution in [2.24, 2.45) is 5.92 Å². The molecule has 0 aliphatic carbocycles. The van der Waals surface area contributed by atoms with Crippen molar-refractivity contribution in [3.05, 3.63) is 68.9 Å². The quantitative estimate of drug-likeness (QED) is 0.290. The molecule has 1 atom stereocenters. The van der Waals surface area contributed by atoms with Crippen molar-refractivity contribution in [2.45, 2.75) is 53.6 Å². The first-order chi connectivity index (χ1) is 17.5. The normalized spacial score (nSPS) is 11.9. The van der Waals surface area contributed by atoms with Crippen LogP contribution in [-0.2, 0) is 4.79 Å². The van der Waals surface area contributed by atoms with Crippen LogP contribution >= 0.6 is 11.3 Å². The molecule has 1 unspecified atom stereocenters. The first kappa shape index (κ1) is 28.3. The lowest BCUT2D eigenvalue weighted by Crippen LogP contribution is -2.25. The number of hydrogen-bond donors (Lipinski definition) is 2. The molecular weight excluding hydrogens is 484 g/mol. The number of rotatable bonds is 11. The molecule has 7 heteroatoms. The van der Waals surface area contributed by atoms with Gasteiger partial charge in [-0.1, -0.05) is 19.9 Å². The standard InChI is InChI=1S/C30H38N2O4S/c1-18(2)14-25(26-10-11-27(37-26)30(35)31-13-12-28(33)34)36-23-16-20(4)29(21(5)17-23)22-8-9-24(32(6)7)19(3)15-22/h8-11,15-18,25H,12-14H2,1-7H3,(H,31,35)(H,33,34). The van der Waals surface area contributed by atoms with E-state index in [1.165, 1.54) is 33.7 Å². The van der Waals surface area contributed by atoms with Gasteiger partial charge >= 0.3 is 5.97 Å². The first-order valence-corrected chi connectivity index (χ1v) is 13.4. The number of ether oxygens (including phenoxy) is 1. The zero-order valence-corrected chi connectivity index (χ0v) is 23.7. The van der Waals surface area contributed by atoms with Gasteiger partial charge in [0.1, 0.15) is 11.9 Å². The van der Waals surface area contributed by atoms with Crippen LogP contribution < -0.4 is 15.0 Å². The number of carboxylic acids is 1. The van der Waals surface area contributed by atoms with E-state index in [1.807, 2.05) is 6.07 Å². The highest BCUT2D eigenvalue weighted by Gasteiger charge is 2.21. The van der Waals surface area contributed by atoms with Crippen molar-refractivity contribution in [3.8, 4) is 16.9 Å². The van der Waals surface area contributed by atoms with Crippen LogP contribution in [0.3, 0.4) is 0 Å². The van der Waals surface area contributed by atoms with Gasteiger partial charge in [-0.15, -0.1) is 11.3 Å².